The molecule has 1 heterocycles. The van der Waals surface area contributed by atoms with Gasteiger partial charge in [0.2, 0.25) is 11.8 Å². The van der Waals surface area contributed by atoms with E-state index < -0.39 is 11.8 Å². The van der Waals surface area contributed by atoms with Crippen LogP contribution in [0.3, 0.4) is 0 Å². The summed E-state index contributed by atoms with van der Waals surface area (Å²) >= 11 is 0. The van der Waals surface area contributed by atoms with Gasteiger partial charge in [0.05, 0.1) is 17.5 Å². The summed E-state index contributed by atoms with van der Waals surface area (Å²) in [6.07, 6.45) is 4.35. The molecule has 2 atom stereocenters. The van der Waals surface area contributed by atoms with Crippen molar-refractivity contribution in [1.82, 2.24) is 0 Å². The van der Waals surface area contributed by atoms with Crippen LogP contribution in [-0.2, 0) is 14.4 Å². The molecule has 5 nitrogen and oxygen atoms in total. The number of carbonyl (C=O) groups excluding carboxylic acids is 3. The first-order chi connectivity index (χ1) is 17.6. The van der Waals surface area contributed by atoms with Gasteiger partial charge in [-0.2, -0.15) is 0 Å². The van der Waals surface area contributed by atoms with E-state index in [-0.39, 0.29) is 29.6 Å². The van der Waals surface area contributed by atoms with Crippen LogP contribution in [0.15, 0.2) is 72.8 Å². The lowest BCUT2D eigenvalue weighted by Gasteiger charge is -2.45. The third kappa shape index (κ3) is 3.48. The Labute approximate surface area is 211 Å². The summed E-state index contributed by atoms with van der Waals surface area (Å²) < 4.78 is 5.55. The summed E-state index contributed by atoms with van der Waals surface area (Å²) in [5, 5.41) is 0. The number of imide groups is 1. The number of ether oxygens (including phenoxy) is 1. The zero-order valence-electron chi connectivity index (χ0n) is 20.4. The lowest BCUT2D eigenvalue weighted by molar-refractivity contribution is -0.134. The highest BCUT2D eigenvalue weighted by atomic mass is 16.5. The molecule has 0 N–H and O–H groups in total. The van der Waals surface area contributed by atoms with Gasteiger partial charge >= 0.3 is 5.97 Å². The van der Waals surface area contributed by atoms with E-state index in [9.17, 15) is 14.4 Å². The molecule has 0 saturated carbocycles. The van der Waals surface area contributed by atoms with Gasteiger partial charge in [-0.05, 0) is 40.8 Å². The number of hydrogen-bond donors (Lipinski definition) is 0. The van der Waals surface area contributed by atoms with E-state index >= 15 is 0 Å². The smallest absolute Gasteiger partial charge is 0.311 e. The van der Waals surface area contributed by atoms with Crippen molar-refractivity contribution in [2.24, 2.45) is 11.8 Å². The Hall–Kier alpha value is -3.73. The van der Waals surface area contributed by atoms with Crippen LogP contribution in [0.5, 0.6) is 5.75 Å². The fraction of sp³-hybridized carbons (Fsp3) is 0.323. The molecule has 182 valence electrons. The van der Waals surface area contributed by atoms with E-state index in [1.54, 1.807) is 24.3 Å². The molecule has 2 bridgehead atoms. The average Bonchev–Trinajstić information content (AvgIpc) is 3.17. The summed E-state index contributed by atoms with van der Waals surface area (Å²) in [6.45, 7) is 2.13. The first kappa shape index (κ1) is 22.7. The van der Waals surface area contributed by atoms with Crippen molar-refractivity contribution < 1.29 is 19.1 Å². The predicted molar refractivity (Wildman–Crippen MR) is 137 cm³/mol. The Morgan fingerprint density at radius 3 is 1.83 bits per heavy atom. The maximum absolute atomic E-state index is 13.9. The second kappa shape index (κ2) is 9.05. The number of nitrogens with zero attached hydrogens (tertiary/aromatic N) is 1. The van der Waals surface area contributed by atoms with E-state index in [4.69, 9.17) is 4.74 Å². The number of unbranched alkanes of at least 4 members (excludes halogenated alkanes) is 3. The minimum Gasteiger partial charge on any atom is -0.426 e. The third-order valence-corrected chi connectivity index (χ3v) is 7.99. The van der Waals surface area contributed by atoms with Crippen molar-refractivity contribution in [1.29, 1.82) is 0 Å². The van der Waals surface area contributed by atoms with Gasteiger partial charge in [-0.3, -0.25) is 14.4 Å². The fourth-order valence-corrected chi connectivity index (χ4v) is 6.50. The highest BCUT2D eigenvalue weighted by molar-refractivity contribution is 6.23. The molecule has 5 heteroatoms. The average molecular weight is 480 g/mol. The van der Waals surface area contributed by atoms with Gasteiger partial charge in [-0.25, -0.2) is 4.90 Å². The number of esters is 1. The van der Waals surface area contributed by atoms with Crippen molar-refractivity contribution >= 4 is 23.5 Å². The molecule has 2 amide bonds. The Balaban J connectivity index is 1.31. The summed E-state index contributed by atoms with van der Waals surface area (Å²) in [5.41, 5.74) is 5.06. The van der Waals surface area contributed by atoms with Gasteiger partial charge < -0.3 is 4.74 Å². The van der Waals surface area contributed by atoms with Gasteiger partial charge in [-0.1, -0.05) is 80.8 Å². The van der Waals surface area contributed by atoms with Crippen LogP contribution in [0.4, 0.5) is 5.69 Å². The zero-order valence-corrected chi connectivity index (χ0v) is 20.4. The zero-order chi connectivity index (χ0) is 24.8. The molecule has 7 rings (SSSR count). The van der Waals surface area contributed by atoms with Crippen molar-refractivity contribution in [2.75, 3.05) is 4.90 Å². The molecule has 4 aliphatic rings. The largest absolute Gasteiger partial charge is 0.426 e. The molecule has 1 fully saturated rings. The number of rotatable bonds is 7. The van der Waals surface area contributed by atoms with Crippen LogP contribution < -0.4 is 9.64 Å². The van der Waals surface area contributed by atoms with E-state index in [0.717, 1.165) is 47.9 Å². The van der Waals surface area contributed by atoms with Crippen LogP contribution in [0.2, 0.25) is 0 Å². The Morgan fingerprint density at radius 2 is 1.31 bits per heavy atom. The van der Waals surface area contributed by atoms with E-state index in [1.807, 2.05) is 24.3 Å². The molecule has 1 aliphatic heterocycles. The quantitative estimate of drug-likeness (QED) is 0.182. The van der Waals surface area contributed by atoms with Crippen LogP contribution in [-0.4, -0.2) is 17.8 Å². The number of benzene rings is 3. The van der Waals surface area contributed by atoms with Crippen LogP contribution in [0.25, 0.3) is 0 Å². The maximum Gasteiger partial charge on any atom is 0.311 e. The molecular weight excluding hydrogens is 450 g/mol. The van der Waals surface area contributed by atoms with Gasteiger partial charge in [0.15, 0.2) is 0 Å². The predicted octanol–water partition coefficient (Wildman–Crippen LogP) is 5.96. The highest BCUT2D eigenvalue weighted by Crippen LogP contribution is 2.61. The van der Waals surface area contributed by atoms with E-state index in [1.165, 1.54) is 4.90 Å². The summed E-state index contributed by atoms with van der Waals surface area (Å²) in [5.74, 6) is -1.43. The van der Waals surface area contributed by atoms with Gasteiger partial charge in [0, 0.05) is 24.3 Å². The van der Waals surface area contributed by atoms with Gasteiger partial charge in [0.25, 0.3) is 0 Å². The number of amides is 2. The summed E-state index contributed by atoms with van der Waals surface area (Å²) in [4.78, 5) is 41.4. The topological polar surface area (TPSA) is 63.7 Å². The third-order valence-electron chi connectivity index (χ3n) is 7.99. The molecule has 0 spiro atoms. The van der Waals surface area contributed by atoms with Crippen molar-refractivity contribution in [2.45, 2.75) is 50.9 Å². The standard InChI is InChI=1S/C31H29NO4/c1-2-3-4-5-17-25(33)36-20-12-10-11-19(18-20)32-30(34)28-26-21-13-6-7-14-22(21)27(29(28)31(32)35)24-16-9-8-15-23(24)26/h6-16,18,26-29H,2-5,17H2,1H3/t26?,27?,28-,29-/m0/s1. The van der Waals surface area contributed by atoms with E-state index in [0.29, 0.717) is 17.9 Å². The second-order valence-corrected chi connectivity index (χ2v) is 10.1. The van der Waals surface area contributed by atoms with Crippen molar-refractivity contribution in [3.05, 3.63) is 95.1 Å². The van der Waals surface area contributed by atoms with Gasteiger partial charge in [-0.15, -0.1) is 0 Å². The molecule has 3 aromatic rings. The molecule has 3 aromatic carbocycles. The lowest BCUT2D eigenvalue weighted by Crippen LogP contribution is -2.41. The molecule has 3 aliphatic carbocycles. The Morgan fingerprint density at radius 1 is 0.750 bits per heavy atom. The van der Waals surface area contributed by atoms with Crippen molar-refractivity contribution in [3.8, 4) is 5.75 Å². The number of hydrogen-bond acceptors (Lipinski definition) is 4. The normalized spacial score (nSPS) is 23.3. The number of anilines is 1. The molecule has 0 unspecified atom stereocenters. The molecule has 36 heavy (non-hydrogen) atoms. The summed E-state index contributed by atoms with van der Waals surface area (Å²) in [7, 11) is 0. The summed E-state index contributed by atoms with van der Waals surface area (Å²) in [6, 6.07) is 23.2. The molecule has 0 radical (unpaired) electrons. The van der Waals surface area contributed by atoms with Crippen molar-refractivity contribution in [3.63, 3.8) is 0 Å². The van der Waals surface area contributed by atoms with Crippen LogP contribution in [0, 0.1) is 11.8 Å². The first-order valence-electron chi connectivity index (χ1n) is 13.0. The van der Waals surface area contributed by atoms with E-state index in [2.05, 4.69) is 31.2 Å². The second-order valence-electron chi connectivity index (χ2n) is 10.1. The molecule has 0 aromatic heterocycles. The highest BCUT2D eigenvalue weighted by Gasteiger charge is 2.61. The maximum atomic E-state index is 13.9. The fourth-order valence-electron chi connectivity index (χ4n) is 6.50. The minimum absolute atomic E-state index is 0.141. The van der Waals surface area contributed by atoms with Gasteiger partial charge in [0.1, 0.15) is 5.75 Å². The number of carbonyl (C=O) groups is 3. The Bertz CT molecular complexity index is 1250. The lowest BCUT2D eigenvalue weighted by atomic mass is 9.55. The first-order valence-corrected chi connectivity index (χ1v) is 13.0. The Kier molecular flexibility index (Phi) is 5.71. The van der Waals surface area contributed by atoms with Crippen LogP contribution in [0.1, 0.15) is 73.1 Å². The SMILES string of the molecule is CCCCCCC(=O)Oc1cccc(N2C(=O)[C@H]3C4c5ccccc5C(c5ccccc54)[C@@H]3C2=O)c1. The van der Waals surface area contributed by atoms with Crippen LogP contribution >= 0.6 is 0 Å². The molecule has 1 saturated heterocycles. The minimum atomic E-state index is -0.433. The molecular formula is C31H29NO4. The monoisotopic (exact) mass is 479 g/mol.